The molecule has 0 aliphatic heterocycles. The number of ether oxygens (including phenoxy) is 2. The minimum atomic E-state index is -0.0683. The van der Waals surface area contributed by atoms with Crippen LogP contribution in [0, 0.1) is 0 Å². The van der Waals surface area contributed by atoms with Crippen molar-refractivity contribution in [3.63, 3.8) is 0 Å². The minimum absolute atomic E-state index is 0.0280. The van der Waals surface area contributed by atoms with Gasteiger partial charge in [0, 0.05) is 30.3 Å². The van der Waals surface area contributed by atoms with Gasteiger partial charge in [-0.2, -0.15) is 0 Å². The van der Waals surface area contributed by atoms with Crippen molar-refractivity contribution in [3.8, 4) is 0 Å². The van der Waals surface area contributed by atoms with Crippen LogP contribution in [0.5, 0.6) is 0 Å². The fourth-order valence-electron chi connectivity index (χ4n) is 1.86. The average molecular weight is 286 g/mol. The molecule has 0 saturated carbocycles. The molecular weight excluding hydrogens is 262 g/mol. The summed E-state index contributed by atoms with van der Waals surface area (Å²) in [5.74, 6) is 0. The summed E-state index contributed by atoms with van der Waals surface area (Å²) < 4.78 is 11.2. The number of nitrogens with one attached hydrogen (secondary N) is 1. The molecule has 0 saturated heterocycles. The van der Waals surface area contributed by atoms with Crippen molar-refractivity contribution in [1.29, 1.82) is 0 Å². The van der Waals surface area contributed by atoms with Gasteiger partial charge in [-0.15, -0.1) is 0 Å². The Morgan fingerprint density at radius 1 is 1.21 bits per heavy atom. The maximum Gasteiger partial charge on any atom is 0.0968 e. The third-order valence-corrected chi connectivity index (χ3v) is 3.11. The second kappa shape index (κ2) is 8.54. The van der Waals surface area contributed by atoms with Gasteiger partial charge in [-0.05, 0) is 13.0 Å². The van der Waals surface area contributed by atoms with Crippen LogP contribution in [0.3, 0.4) is 0 Å². The van der Waals surface area contributed by atoms with E-state index < -0.39 is 0 Å². The highest BCUT2D eigenvalue weighted by molar-refractivity contribution is 6.31. The van der Waals surface area contributed by atoms with Gasteiger partial charge in [0.15, 0.2) is 0 Å². The SMILES string of the molecule is COCC(C)OC(CNC(C)C)c1ccccc1Cl. The molecular formula is C15H24ClNO2. The molecule has 0 spiro atoms. The quantitative estimate of drug-likeness (QED) is 0.794. The molecule has 1 rings (SSSR count). The molecule has 0 amide bonds. The summed E-state index contributed by atoms with van der Waals surface area (Å²) in [4.78, 5) is 0. The number of benzene rings is 1. The number of methoxy groups -OCH3 is 1. The molecule has 1 N–H and O–H groups in total. The maximum atomic E-state index is 6.26. The van der Waals surface area contributed by atoms with Crippen LogP contribution < -0.4 is 5.32 Å². The van der Waals surface area contributed by atoms with Crippen molar-refractivity contribution in [3.05, 3.63) is 34.9 Å². The van der Waals surface area contributed by atoms with Gasteiger partial charge in [0.1, 0.15) is 0 Å². The van der Waals surface area contributed by atoms with Crippen molar-refractivity contribution < 1.29 is 9.47 Å². The molecule has 0 fully saturated rings. The highest BCUT2D eigenvalue weighted by Gasteiger charge is 2.18. The van der Waals surface area contributed by atoms with E-state index in [9.17, 15) is 0 Å². The molecule has 0 heterocycles. The van der Waals surface area contributed by atoms with Crippen molar-refractivity contribution in [2.24, 2.45) is 0 Å². The van der Waals surface area contributed by atoms with Crippen LogP contribution >= 0.6 is 11.6 Å². The van der Waals surface area contributed by atoms with Crippen molar-refractivity contribution in [2.45, 2.75) is 39.0 Å². The summed E-state index contributed by atoms with van der Waals surface area (Å²) in [6.45, 7) is 7.53. The fourth-order valence-corrected chi connectivity index (χ4v) is 2.12. The van der Waals surface area contributed by atoms with E-state index >= 15 is 0 Å². The Morgan fingerprint density at radius 3 is 2.47 bits per heavy atom. The lowest BCUT2D eigenvalue weighted by molar-refractivity contribution is -0.0399. The van der Waals surface area contributed by atoms with Crippen molar-refractivity contribution in [1.82, 2.24) is 5.32 Å². The van der Waals surface area contributed by atoms with Crippen LogP contribution in [0.1, 0.15) is 32.4 Å². The summed E-state index contributed by atoms with van der Waals surface area (Å²) in [6, 6.07) is 8.22. The van der Waals surface area contributed by atoms with Gasteiger partial charge in [0.2, 0.25) is 0 Å². The Hall–Kier alpha value is -0.610. The Kier molecular flexibility index (Phi) is 7.39. The van der Waals surface area contributed by atoms with E-state index in [0.29, 0.717) is 12.6 Å². The smallest absolute Gasteiger partial charge is 0.0968 e. The molecule has 0 bridgehead atoms. The number of hydrogen-bond donors (Lipinski definition) is 1. The van der Waals surface area contributed by atoms with Gasteiger partial charge < -0.3 is 14.8 Å². The summed E-state index contributed by atoms with van der Waals surface area (Å²) in [5, 5.41) is 4.13. The molecule has 2 atom stereocenters. The lowest BCUT2D eigenvalue weighted by Gasteiger charge is -2.24. The van der Waals surface area contributed by atoms with E-state index in [4.69, 9.17) is 21.1 Å². The second-order valence-electron chi connectivity index (χ2n) is 4.98. The summed E-state index contributed by atoms with van der Waals surface area (Å²) in [7, 11) is 1.68. The van der Waals surface area contributed by atoms with Crippen LogP contribution in [-0.4, -0.2) is 32.4 Å². The van der Waals surface area contributed by atoms with E-state index in [1.807, 2.05) is 31.2 Å². The monoisotopic (exact) mass is 285 g/mol. The predicted octanol–water partition coefficient (Wildman–Crippen LogP) is 3.43. The average Bonchev–Trinajstić information content (AvgIpc) is 2.35. The molecule has 0 aromatic heterocycles. The minimum Gasteiger partial charge on any atom is -0.382 e. The Morgan fingerprint density at radius 2 is 1.89 bits per heavy atom. The first-order chi connectivity index (χ1) is 9.04. The summed E-state index contributed by atoms with van der Waals surface area (Å²) >= 11 is 6.26. The zero-order valence-electron chi connectivity index (χ0n) is 12.2. The summed E-state index contributed by atoms with van der Waals surface area (Å²) in [5.41, 5.74) is 1.01. The van der Waals surface area contributed by atoms with E-state index in [1.165, 1.54) is 0 Å². The molecule has 2 unspecified atom stereocenters. The molecule has 1 aromatic carbocycles. The normalized spacial score (nSPS) is 14.6. The van der Waals surface area contributed by atoms with Gasteiger partial charge in [0.05, 0.1) is 18.8 Å². The number of halogens is 1. The van der Waals surface area contributed by atoms with Crippen molar-refractivity contribution in [2.75, 3.05) is 20.3 Å². The Bertz CT molecular complexity index is 371. The van der Waals surface area contributed by atoms with Crippen LogP contribution in [0.15, 0.2) is 24.3 Å². The third-order valence-electron chi connectivity index (χ3n) is 2.76. The fraction of sp³-hybridized carbons (Fsp3) is 0.600. The van der Waals surface area contributed by atoms with Crippen LogP contribution in [0.25, 0.3) is 0 Å². The molecule has 1 aromatic rings. The number of hydrogen-bond acceptors (Lipinski definition) is 3. The van der Waals surface area contributed by atoms with Crippen LogP contribution in [0.4, 0.5) is 0 Å². The maximum absolute atomic E-state index is 6.26. The Labute approximate surface area is 121 Å². The summed E-state index contributed by atoms with van der Waals surface area (Å²) in [6.07, 6.45) is -0.0403. The molecule has 0 aliphatic carbocycles. The van der Waals surface area contributed by atoms with Gasteiger partial charge in [0.25, 0.3) is 0 Å². The molecule has 19 heavy (non-hydrogen) atoms. The zero-order valence-corrected chi connectivity index (χ0v) is 12.9. The number of rotatable bonds is 8. The standard InChI is InChI=1S/C15H24ClNO2/c1-11(2)17-9-15(19-12(3)10-18-4)13-7-5-6-8-14(13)16/h5-8,11-12,15,17H,9-10H2,1-4H3. The Balaban J connectivity index is 2.76. The molecule has 4 heteroatoms. The first-order valence-corrected chi connectivity index (χ1v) is 7.04. The predicted molar refractivity (Wildman–Crippen MR) is 79.8 cm³/mol. The largest absolute Gasteiger partial charge is 0.382 e. The lowest BCUT2D eigenvalue weighted by Crippen LogP contribution is -2.31. The molecule has 108 valence electrons. The van der Waals surface area contributed by atoms with Crippen LogP contribution in [-0.2, 0) is 9.47 Å². The van der Waals surface area contributed by atoms with E-state index in [0.717, 1.165) is 17.1 Å². The molecule has 0 radical (unpaired) electrons. The highest BCUT2D eigenvalue weighted by atomic mass is 35.5. The third kappa shape index (κ3) is 5.91. The first-order valence-electron chi connectivity index (χ1n) is 6.66. The van der Waals surface area contributed by atoms with E-state index in [1.54, 1.807) is 7.11 Å². The zero-order chi connectivity index (χ0) is 14.3. The molecule has 3 nitrogen and oxygen atoms in total. The molecule has 0 aliphatic rings. The second-order valence-corrected chi connectivity index (χ2v) is 5.38. The van der Waals surface area contributed by atoms with Gasteiger partial charge in [-0.1, -0.05) is 43.6 Å². The topological polar surface area (TPSA) is 30.5 Å². The van der Waals surface area contributed by atoms with E-state index in [2.05, 4.69) is 19.2 Å². The lowest BCUT2D eigenvalue weighted by atomic mass is 10.1. The van der Waals surface area contributed by atoms with Gasteiger partial charge in [-0.3, -0.25) is 0 Å². The van der Waals surface area contributed by atoms with Crippen molar-refractivity contribution >= 4 is 11.6 Å². The first kappa shape index (κ1) is 16.4. The van der Waals surface area contributed by atoms with Gasteiger partial charge in [-0.25, -0.2) is 0 Å². The van der Waals surface area contributed by atoms with Gasteiger partial charge >= 0.3 is 0 Å². The highest BCUT2D eigenvalue weighted by Crippen LogP contribution is 2.26. The van der Waals surface area contributed by atoms with E-state index in [-0.39, 0.29) is 12.2 Å². The van der Waals surface area contributed by atoms with Crippen LogP contribution in [0.2, 0.25) is 5.02 Å².